The lowest BCUT2D eigenvalue weighted by atomic mass is 11.0. The Bertz CT molecular complexity index is 242. The van der Waals surface area contributed by atoms with E-state index in [0.29, 0.717) is 0 Å². The number of nitrogens with two attached hydrogens (primary N) is 2. The molecule has 13 nitrogen and oxygen atoms in total. The second kappa shape index (κ2) is 15.4. The number of hydrogen-bond donors (Lipinski definition) is 6. The van der Waals surface area contributed by atoms with Crippen LogP contribution in [0.25, 0.3) is 0 Å². The van der Waals surface area contributed by atoms with Crippen LogP contribution in [0.5, 0.6) is 0 Å². The zero-order valence-electron chi connectivity index (χ0n) is 8.26. The van der Waals surface area contributed by atoms with Gasteiger partial charge in [-0.3, -0.25) is 5.41 Å². The highest BCUT2D eigenvalue weighted by atomic mass is 16.9. The smallest absolute Gasteiger partial charge is 0.291 e. The van der Waals surface area contributed by atoms with Gasteiger partial charge in [-0.2, -0.15) is 0 Å². The van der Waals surface area contributed by atoms with Gasteiger partial charge in [0.1, 0.15) is 0 Å². The second-order valence-corrected chi connectivity index (χ2v) is 1.69. The fourth-order valence-electron chi connectivity index (χ4n) is 0.215. The minimum absolute atomic E-state index is 0.333. The van der Waals surface area contributed by atoms with Crippen molar-refractivity contribution in [3.8, 4) is 0 Å². The maximum Gasteiger partial charge on any atom is 0.291 e. The number of nitrogens with zero attached hydrogens (tertiary/aromatic N) is 3. The normalized spacial score (nSPS) is 6.59. The number of hydrogen-bond acceptors (Lipinski definition) is 6. The van der Waals surface area contributed by atoms with Crippen LogP contribution in [0.1, 0.15) is 0 Å². The third kappa shape index (κ3) is 431. The summed E-state index contributed by atoms with van der Waals surface area (Å²) in [5, 5.41) is 33.3. The highest BCUT2D eigenvalue weighted by molar-refractivity contribution is 5.71. The van der Waals surface area contributed by atoms with Crippen molar-refractivity contribution in [3.63, 3.8) is 0 Å². The molecule has 0 radical (unpaired) electrons. The molecular formula is C4H11N7O6. The molecule has 0 aliphatic carbocycles. The molecule has 0 aliphatic rings. The molecule has 0 saturated carbocycles. The molecule has 8 N–H and O–H groups in total. The van der Waals surface area contributed by atoms with Crippen molar-refractivity contribution in [2.24, 2.45) is 11.5 Å². The number of guanidine groups is 1. The third-order valence-electron chi connectivity index (χ3n) is 0.406. The summed E-state index contributed by atoms with van der Waals surface area (Å²) in [6.07, 6.45) is 5.08. The van der Waals surface area contributed by atoms with Crippen LogP contribution in [0.4, 0.5) is 0 Å². The van der Waals surface area contributed by atoms with Gasteiger partial charge >= 0.3 is 0 Å². The molecule has 1 aromatic rings. The van der Waals surface area contributed by atoms with E-state index in [0.717, 1.165) is 0 Å². The Hall–Kier alpha value is -3.12. The Labute approximate surface area is 93.4 Å². The summed E-state index contributed by atoms with van der Waals surface area (Å²) in [5.41, 5.74) is 8.94. The van der Waals surface area contributed by atoms with E-state index in [2.05, 4.69) is 21.4 Å². The predicted molar refractivity (Wildman–Crippen MR) is 52.3 cm³/mol. The first-order chi connectivity index (χ1) is 7.70. The summed E-state index contributed by atoms with van der Waals surface area (Å²) in [6, 6.07) is 0. The molecule has 0 saturated heterocycles. The van der Waals surface area contributed by atoms with Crippen molar-refractivity contribution in [1.82, 2.24) is 9.97 Å². The standard InChI is InChI=1S/C3H4N2.CH5N3.2HNO3/c1-2-5-3-4-1;3*2-1(3)4/h1-3H,(H,4,5);(H5,2,3,4);2*(H,2,3,4). The van der Waals surface area contributed by atoms with Crippen LogP contribution in [-0.4, -0.2) is 36.5 Å². The lowest BCUT2D eigenvalue weighted by Gasteiger charge is -1.69. The van der Waals surface area contributed by atoms with E-state index in [9.17, 15) is 0 Å². The Morgan fingerprint density at radius 3 is 1.65 bits per heavy atom. The average molecular weight is 253 g/mol. The number of aromatic nitrogens is 2. The second-order valence-electron chi connectivity index (χ2n) is 1.69. The van der Waals surface area contributed by atoms with Crippen LogP contribution in [0.2, 0.25) is 0 Å². The van der Waals surface area contributed by atoms with Gasteiger partial charge in [-0.05, 0) is 0 Å². The highest BCUT2D eigenvalue weighted by Crippen LogP contribution is 1.62. The minimum atomic E-state index is -1.50. The molecular weight excluding hydrogens is 242 g/mol. The van der Waals surface area contributed by atoms with Crippen molar-refractivity contribution in [1.29, 1.82) is 5.41 Å². The molecule has 1 rings (SSSR count). The average Bonchev–Trinajstić information content (AvgIpc) is 2.53. The van der Waals surface area contributed by atoms with Crippen LogP contribution in [-0.2, 0) is 0 Å². The Kier molecular flexibility index (Phi) is 17.6. The van der Waals surface area contributed by atoms with Crippen molar-refractivity contribution in [3.05, 3.63) is 38.9 Å². The highest BCUT2D eigenvalue weighted by Gasteiger charge is 1.65. The molecule has 17 heavy (non-hydrogen) atoms. The SMILES string of the molecule is N=C(N)N.O=[N+]([O-])O.O=[N+]([O-])O.c1c[nH]cn1. The third-order valence-corrected chi connectivity index (χ3v) is 0.406. The number of aromatic amines is 1. The van der Waals surface area contributed by atoms with E-state index >= 15 is 0 Å². The molecule has 0 aliphatic heterocycles. The number of nitrogens with one attached hydrogen (secondary N) is 2. The molecule has 0 amide bonds. The predicted octanol–water partition coefficient (Wildman–Crippen LogP) is -1.45. The van der Waals surface area contributed by atoms with Crippen molar-refractivity contribution in [2.45, 2.75) is 0 Å². The summed E-state index contributed by atoms with van der Waals surface area (Å²) in [4.78, 5) is 23.1. The first kappa shape index (κ1) is 19.5. The molecule has 13 heteroatoms. The van der Waals surface area contributed by atoms with E-state index in [4.69, 9.17) is 36.1 Å². The summed E-state index contributed by atoms with van der Waals surface area (Å²) < 4.78 is 0. The van der Waals surface area contributed by atoms with E-state index in [-0.39, 0.29) is 5.96 Å². The van der Waals surface area contributed by atoms with Gasteiger partial charge < -0.3 is 26.9 Å². The van der Waals surface area contributed by atoms with E-state index in [1.54, 1.807) is 18.7 Å². The Morgan fingerprint density at radius 2 is 1.59 bits per heavy atom. The van der Waals surface area contributed by atoms with E-state index in [1.165, 1.54) is 0 Å². The van der Waals surface area contributed by atoms with Crippen molar-refractivity contribution >= 4 is 5.96 Å². The zero-order chi connectivity index (χ0) is 14.3. The summed E-state index contributed by atoms with van der Waals surface area (Å²) >= 11 is 0. The fourth-order valence-corrected chi connectivity index (χ4v) is 0.215. The van der Waals surface area contributed by atoms with Gasteiger partial charge in [0.25, 0.3) is 10.2 Å². The molecule has 98 valence electrons. The molecule has 0 spiro atoms. The Morgan fingerprint density at radius 1 is 1.29 bits per heavy atom. The van der Waals surface area contributed by atoms with Gasteiger partial charge in [0, 0.05) is 12.4 Å². The zero-order valence-corrected chi connectivity index (χ0v) is 8.26. The van der Waals surface area contributed by atoms with Crippen molar-refractivity contribution < 1.29 is 20.6 Å². The molecule has 0 unspecified atom stereocenters. The van der Waals surface area contributed by atoms with E-state index < -0.39 is 10.2 Å². The van der Waals surface area contributed by atoms with E-state index in [1.807, 2.05) is 0 Å². The number of imidazole rings is 1. The van der Waals surface area contributed by atoms with Crippen LogP contribution in [0, 0.1) is 25.6 Å². The monoisotopic (exact) mass is 253 g/mol. The molecule has 0 bridgehead atoms. The lowest BCUT2D eigenvalue weighted by molar-refractivity contribution is -0.742. The minimum Gasteiger partial charge on any atom is -0.370 e. The van der Waals surface area contributed by atoms with Gasteiger partial charge in [0.05, 0.1) is 6.33 Å². The molecule has 0 fully saturated rings. The van der Waals surface area contributed by atoms with Crippen LogP contribution in [0.15, 0.2) is 18.7 Å². The molecule has 0 aromatic carbocycles. The quantitative estimate of drug-likeness (QED) is 0.137. The van der Waals surface area contributed by atoms with Crippen LogP contribution in [0.3, 0.4) is 0 Å². The first-order valence-electron chi connectivity index (χ1n) is 3.38. The first-order valence-corrected chi connectivity index (χ1v) is 3.38. The molecule has 0 atom stereocenters. The van der Waals surface area contributed by atoms with Gasteiger partial charge in [-0.15, -0.1) is 20.2 Å². The molecule has 1 aromatic heterocycles. The van der Waals surface area contributed by atoms with Gasteiger partial charge in [0.2, 0.25) is 0 Å². The fraction of sp³-hybridized carbons (Fsp3) is 0. The Balaban J connectivity index is -0.000000155. The maximum absolute atomic E-state index is 8.36. The number of H-pyrrole nitrogens is 1. The molecule has 1 heterocycles. The van der Waals surface area contributed by atoms with Gasteiger partial charge in [-0.1, -0.05) is 0 Å². The number of rotatable bonds is 0. The summed E-state index contributed by atoms with van der Waals surface area (Å²) in [7, 11) is 0. The van der Waals surface area contributed by atoms with Crippen LogP contribution >= 0.6 is 0 Å². The van der Waals surface area contributed by atoms with Gasteiger partial charge in [-0.25, -0.2) is 4.98 Å². The largest absolute Gasteiger partial charge is 0.370 e. The summed E-state index contributed by atoms with van der Waals surface area (Å²) in [5.74, 6) is -0.333. The van der Waals surface area contributed by atoms with Gasteiger partial charge in [0.15, 0.2) is 5.96 Å². The maximum atomic E-state index is 8.36. The topological polar surface area (TPSA) is 231 Å². The van der Waals surface area contributed by atoms with Crippen LogP contribution < -0.4 is 11.5 Å². The van der Waals surface area contributed by atoms with Crippen molar-refractivity contribution in [2.75, 3.05) is 0 Å². The lowest BCUT2D eigenvalue weighted by Crippen LogP contribution is -2.20. The summed E-state index contributed by atoms with van der Waals surface area (Å²) in [6.45, 7) is 0.